The molecule has 0 atom stereocenters. The molecule has 0 unspecified atom stereocenters. The van der Waals surface area contributed by atoms with E-state index in [0.717, 1.165) is 5.56 Å². The summed E-state index contributed by atoms with van der Waals surface area (Å²) in [6, 6.07) is 4.39. The van der Waals surface area contributed by atoms with Crippen molar-refractivity contribution in [2.45, 2.75) is 6.92 Å². The summed E-state index contributed by atoms with van der Waals surface area (Å²) in [6.45, 7) is 1.75. The number of anilines is 1. The molecule has 2 aromatic rings. The molecular formula is C10H9FN4O. The fourth-order valence-electron chi connectivity index (χ4n) is 1.24. The number of nitrogens with zero attached hydrogens (tertiary/aromatic N) is 2. The summed E-state index contributed by atoms with van der Waals surface area (Å²) in [4.78, 5) is 15.3. The Morgan fingerprint density at radius 1 is 1.50 bits per heavy atom. The third-order valence-electron chi connectivity index (χ3n) is 2.02. The summed E-state index contributed by atoms with van der Waals surface area (Å²) < 4.78 is 13.4. The lowest BCUT2D eigenvalue weighted by Crippen LogP contribution is -2.14. The van der Waals surface area contributed by atoms with E-state index < -0.39 is 11.7 Å². The van der Waals surface area contributed by atoms with Crippen LogP contribution in [0.4, 0.5) is 10.3 Å². The fourth-order valence-corrected chi connectivity index (χ4v) is 1.24. The van der Waals surface area contributed by atoms with Crippen molar-refractivity contribution in [1.29, 1.82) is 0 Å². The summed E-state index contributed by atoms with van der Waals surface area (Å²) in [5, 5.41) is 8.40. The van der Waals surface area contributed by atoms with Crippen LogP contribution in [0, 0.1) is 12.7 Å². The fraction of sp³-hybridized carbons (Fsp3) is 0.100. The van der Waals surface area contributed by atoms with Crippen LogP contribution in [-0.2, 0) is 0 Å². The Morgan fingerprint density at radius 3 is 2.94 bits per heavy atom. The molecule has 1 aromatic heterocycles. The predicted octanol–water partition coefficient (Wildman–Crippen LogP) is 1.50. The van der Waals surface area contributed by atoms with E-state index in [0.29, 0.717) is 0 Å². The lowest BCUT2D eigenvalue weighted by molar-refractivity contribution is 0.102. The van der Waals surface area contributed by atoms with Crippen LogP contribution < -0.4 is 5.32 Å². The van der Waals surface area contributed by atoms with Crippen LogP contribution >= 0.6 is 0 Å². The summed E-state index contributed by atoms with van der Waals surface area (Å²) >= 11 is 0. The normalized spacial score (nSPS) is 10.1. The number of nitrogens with one attached hydrogen (secondary N) is 2. The van der Waals surface area contributed by atoms with Crippen LogP contribution in [0.15, 0.2) is 24.5 Å². The predicted molar refractivity (Wildman–Crippen MR) is 55.5 cm³/mol. The highest BCUT2D eigenvalue weighted by atomic mass is 19.1. The zero-order valence-corrected chi connectivity index (χ0v) is 8.49. The van der Waals surface area contributed by atoms with Crippen molar-refractivity contribution >= 4 is 11.9 Å². The molecule has 0 spiro atoms. The van der Waals surface area contributed by atoms with Gasteiger partial charge in [0.15, 0.2) is 0 Å². The first-order valence-electron chi connectivity index (χ1n) is 4.59. The number of H-pyrrole nitrogens is 1. The van der Waals surface area contributed by atoms with Gasteiger partial charge in [0.05, 0.1) is 5.56 Å². The van der Waals surface area contributed by atoms with Crippen molar-refractivity contribution in [3.63, 3.8) is 0 Å². The highest BCUT2D eigenvalue weighted by Crippen LogP contribution is 2.11. The number of halogens is 1. The van der Waals surface area contributed by atoms with E-state index in [9.17, 15) is 9.18 Å². The summed E-state index contributed by atoms with van der Waals surface area (Å²) in [6.07, 6.45) is 1.25. The first-order chi connectivity index (χ1) is 7.66. The molecule has 0 aliphatic heterocycles. The van der Waals surface area contributed by atoms with Gasteiger partial charge in [0.1, 0.15) is 12.1 Å². The molecule has 0 saturated carbocycles. The Morgan fingerprint density at radius 2 is 2.31 bits per heavy atom. The number of aromatic nitrogens is 3. The molecule has 2 rings (SSSR count). The van der Waals surface area contributed by atoms with Crippen LogP contribution in [0.2, 0.25) is 0 Å². The molecule has 0 saturated heterocycles. The van der Waals surface area contributed by atoms with Crippen LogP contribution in [-0.4, -0.2) is 21.1 Å². The summed E-state index contributed by atoms with van der Waals surface area (Å²) in [5.41, 5.74) is 0.732. The Labute approximate surface area is 90.7 Å². The maximum Gasteiger partial charge on any atom is 0.260 e. The molecule has 0 aliphatic rings. The molecule has 0 bridgehead atoms. The molecule has 0 fully saturated rings. The average Bonchev–Trinajstić information content (AvgIpc) is 2.70. The number of rotatable bonds is 2. The van der Waals surface area contributed by atoms with Crippen molar-refractivity contribution in [2.24, 2.45) is 0 Å². The maximum atomic E-state index is 13.4. The van der Waals surface area contributed by atoms with E-state index in [1.54, 1.807) is 13.0 Å². The van der Waals surface area contributed by atoms with Crippen molar-refractivity contribution < 1.29 is 9.18 Å². The van der Waals surface area contributed by atoms with Gasteiger partial charge in [-0.1, -0.05) is 6.07 Å². The second kappa shape index (κ2) is 4.09. The van der Waals surface area contributed by atoms with Crippen molar-refractivity contribution in [1.82, 2.24) is 15.2 Å². The van der Waals surface area contributed by atoms with Gasteiger partial charge in [0.25, 0.3) is 5.91 Å². The minimum atomic E-state index is -0.561. The zero-order valence-electron chi connectivity index (χ0n) is 8.49. The van der Waals surface area contributed by atoms with Crippen LogP contribution in [0.5, 0.6) is 0 Å². The standard InChI is InChI=1S/C10H9FN4O/c1-6-2-3-7(8(11)4-6)9(16)14-10-12-5-13-15-10/h2-5H,1H3,(H2,12,13,14,15,16). The Hall–Kier alpha value is -2.24. The minimum absolute atomic E-state index is 0.0259. The monoisotopic (exact) mass is 220 g/mol. The van der Waals surface area contributed by atoms with Gasteiger partial charge in [-0.05, 0) is 24.6 Å². The number of carbonyl (C=O) groups excluding carboxylic acids is 1. The third kappa shape index (κ3) is 2.05. The molecule has 5 nitrogen and oxygen atoms in total. The first kappa shape index (κ1) is 10.3. The lowest BCUT2D eigenvalue weighted by atomic mass is 10.1. The van der Waals surface area contributed by atoms with Crippen LogP contribution in [0.1, 0.15) is 15.9 Å². The Bertz CT molecular complexity index is 510. The average molecular weight is 220 g/mol. The van der Waals surface area contributed by atoms with E-state index in [-0.39, 0.29) is 11.5 Å². The highest BCUT2D eigenvalue weighted by molar-refractivity contribution is 6.03. The topological polar surface area (TPSA) is 70.7 Å². The van der Waals surface area contributed by atoms with Gasteiger partial charge in [-0.3, -0.25) is 10.1 Å². The van der Waals surface area contributed by atoms with Crippen LogP contribution in [0.25, 0.3) is 0 Å². The maximum absolute atomic E-state index is 13.4. The Balaban J connectivity index is 2.21. The molecule has 0 aliphatic carbocycles. The van der Waals surface area contributed by atoms with Crippen LogP contribution in [0.3, 0.4) is 0 Å². The van der Waals surface area contributed by atoms with E-state index in [2.05, 4.69) is 20.5 Å². The molecule has 1 aromatic carbocycles. The van der Waals surface area contributed by atoms with Gasteiger partial charge < -0.3 is 0 Å². The SMILES string of the molecule is Cc1ccc(C(=O)Nc2ncn[nH]2)c(F)c1. The second-order valence-electron chi connectivity index (χ2n) is 3.27. The van der Waals surface area contributed by atoms with E-state index in [4.69, 9.17) is 0 Å². The zero-order chi connectivity index (χ0) is 11.5. The highest BCUT2D eigenvalue weighted by Gasteiger charge is 2.12. The molecule has 6 heteroatoms. The van der Waals surface area contributed by atoms with Gasteiger partial charge in [-0.25, -0.2) is 9.49 Å². The first-order valence-corrected chi connectivity index (χ1v) is 4.59. The third-order valence-corrected chi connectivity index (χ3v) is 2.02. The minimum Gasteiger partial charge on any atom is -0.291 e. The lowest BCUT2D eigenvalue weighted by Gasteiger charge is -2.03. The molecule has 2 N–H and O–H groups in total. The quantitative estimate of drug-likeness (QED) is 0.805. The number of benzene rings is 1. The molecule has 1 heterocycles. The van der Waals surface area contributed by atoms with Gasteiger partial charge in [0.2, 0.25) is 5.95 Å². The second-order valence-corrected chi connectivity index (χ2v) is 3.27. The van der Waals surface area contributed by atoms with Crippen molar-refractivity contribution in [2.75, 3.05) is 5.32 Å². The molecule has 16 heavy (non-hydrogen) atoms. The van der Waals surface area contributed by atoms with Crippen molar-refractivity contribution in [3.8, 4) is 0 Å². The number of hydrogen-bond acceptors (Lipinski definition) is 3. The van der Waals surface area contributed by atoms with E-state index in [1.165, 1.54) is 18.5 Å². The molecule has 0 radical (unpaired) electrons. The van der Waals surface area contributed by atoms with Gasteiger partial charge in [-0.2, -0.15) is 10.1 Å². The molecule has 1 amide bonds. The van der Waals surface area contributed by atoms with Crippen molar-refractivity contribution in [3.05, 3.63) is 41.5 Å². The number of amides is 1. The molecule has 82 valence electrons. The number of carbonyl (C=O) groups is 1. The van der Waals surface area contributed by atoms with E-state index in [1.807, 2.05) is 0 Å². The number of hydrogen-bond donors (Lipinski definition) is 2. The largest absolute Gasteiger partial charge is 0.291 e. The number of aryl methyl sites for hydroxylation is 1. The van der Waals surface area contributed by atoms with Gasteiger partial charge in [-0.15, -0.1) is 0 Å². The van der Waals surface area contributed by atoms with Gasteiger partial charge >= 0.3 is 0 Å². The smallest absolute Gasteiger partial charge is 0.260 e. The van der Waals surface area contributed by atoms with Gasteiger partial charge in [0, 0.05) is 0 Å². The molecular weight excluding hydrogens is 211 g/mol. The number of aromatic amines is 1. The summed E-state index contributed by atoms with van der Waals surface area (Å²) in [7, 11) is 0. The summed E-state index contributed by atoms with van der Waals surface area (Å²) in [5.74, 6) is -0.934. The Kier molecular flexibility index (Phi) is 2.63. The van der Waals surface area contributed by atoms with E-state index >= 15 is 0 Å².